The molecule has 0 amide bonds. The Labute approximate surface area is 159 Å². The van der Waals surface area contributed by atoms with Gasteiger partial charge in [0, 0.05) is 27.5 Å². The van der Waals surface area contributed by atoms with Crippen molar-refractivity contribution in [1.29, 1.82) is 0 Å². The first-order valence-corrected chi connectivity index (χ1v) is 9.96. The highest BCUT2D eigenvalue weighted by Crippen LogP contribution is 2.54. The molecule has 2 heterocycles. The van der Waals surface area contributed by atoms with E-state index < -0.39 is 11.0 Å². The van der Waals surface area contributed by atoms with Crippen molar-refractivity contribution < 1.29 is 14.3 Å². The smallest absolute Gasteiger partial charge is 0.312 e. The molecular formula is C22H24O3S. The molecule has 0 radical (unpaired) electrons. The Morgan fingerprint density at radius 1 is 1.08 bits per heavy atom. The normalized spacial score (nSPS) is 21.0. The summed E-state index contributed by atoms with van der Waals surface area (Å²) in [5.74, 6) is -0.204. The molecular weight excluding hydrogens is 344 g/mol. The van der Waals surface area contributed by atoms with Crippen LogP contribution in [0.3, 0.4) is 0 Å². The van der Waals surface area contributed by atoms with Crippen LogP contribution in [-0.4, -0.2) is 18.7 Å². The van der Waals surface area contributed by atoms with E-state index >= 15 is 0 Å². The lowest BCUT2D eigenvalue weighted by Gasteiger charge is -2.44. The summed E-state index contributed by atoms with van der Waals surface area (Å²) in [7, 11) is 0. The second-order valence-electron chi connectivity index (χ2n) is 7.97. The average molecular weight is 368 g/mol. The molecule has 0 aromatic heterocycles. The molecule has 26 heavy (non-hydrogen) atoms. The molecule has 0 aliphatic carbocycles. The number of hydrogen-bond acceptors (Lipinski definition) is 4. The van der Waals surface area contributed by atoms with Crippen molar-refractivity contribution in [2.24, 2.45) is 5.41 Å². The van der Waals surface area contributed by atoms with Crippen LogP contribution in [-0.2, 0) is 19.9 Å². The predicted molar refractivity (Wildman–Crippen MR) is 102 cm³/mol. The fraction of sp³-hybridized carbons (Fsp3) is 0.409. The predicted octanol–water partition coefficient (Wildman–Crippen LogP) is 5.16. The molecule has 1 unspecified atom stereocenters. The van der Waals surface area contributed by atoms with Gasteiger partial charge in [-0.2, -0.15) is 0 Å². The summed E-state index contributed by atoms with van der Waals surface area (Å²) in [4.78, 5) is 15.3. The summed E-state index contributed by atoms with van der Waals surface area (Å²) in [6.07, 6.45) is 1.69. The van der Waals surface area contributed by atoms with Crippen molar-refractivity contribution >= 4 is 17.7 Å². The zero-order valence-corrected chi connectivity index (χ0v) is 16.3. The number of carbonyl (C=O) groups is 1. The van der Waals surface area contributed by atoms with Gasteiger partial charge in [-0.05, 0) is 45.7 Å². The topological polar surface area (TPSA) is 35.5 Å². The molecule has 4 rings (SSSR count). The molecule has 2 aromatic rings. The number of ether oxygens (including phenoxy) is 2. The van der Waals surface area contributed by atoms with Gasteiger partial charge < -0.3 is 9.47 Å². The van der Waals surface area contributed by atoms with Gasteiger partial charge in [0.2, 0.25) is 0 Å². The maximum absolute atomic E-state index is 13.0. The summed E-state index contributed by atoms with van der Waals surface area (Å²) in [6.45, 7) is 6.40. The maximum atomic E-state index is 13.0. The molecule has 3 nitrogen and oxygen atoms in total. The van der Waals surface area contributed by atoms with Crippen LogP contribution in [0.4, 0.5) is 0 Å². The highest BCUT2D eigenvalue weighted by molar-refractivity contribution is 7.99. The Hall–Kier alpha value is -1.78. The van der Waals surface area contributed by atoms with Gasteiger partial charge in [-0.1, -0.05) is 48.2 Å². The van der Waals surface area contributed by atoms with Crippen molar-refractivity contribution in [1.82, 2.24) is 0 Å². The third-order valence-electron chi connectivity index (χ3n) is 5.04. The molecule has 0 bridgehead atoms. The molecule has 1 saturated heterocycles. The van der Waals surface area contributed by atoms with Crippen LogP contribution in [0, 0.1) is 5.41 Å². The van der Waals surface area contributed by atoms with Gasteiger partial charge in [-0.15, -0.1) is 0 Å². The quantitative estimate of drug-likeness (QED) is 0.686. The van der Waals surface area contributed by atoms with Crippen LogP contribution >= 0.6 is 11.8 Å². The number of rotatable bonds is 2. The van der Waals surface area contributed by atoms with Crippen LogP contribution in [0.1, 0.15) is 44.7 Å². The summed E-state index contributed by atoms with van der Waals surface area (Å²) in [6, 6.07) is 16.5. The van der Waals surface area contributed by atoms with E-state index in [4.69, 9.17) is 9.47 Å². The maximum Gasteiger partial charge on any atom is 0.312 e. The van der Waals surface area contributed by atoms with Crippen molar-refractivity contribution in [3.05, 3.63) is 59.7 Å². The fourth-order valence-corrected chi connectivity index (χ4v) is 4.90. The van der Waals surface area contributed by atoms with Crippen LogP contribution in [0.2, 0.25) is 0 Å². The number of hydrogen-bond donors (Lipinski definition) is 0. The van der Waals surface area contributed by atoms with E-state index in [1.54, 1.807) is 11.8 Å². The van der Waals surface area contributed by atoms with Gasteiger partial charge >= 0.3 is 5.97 Å². The fourth-order valence-electron chi connectivity index (χ4n) is 3.71. The van der Waals surface area contributed by atoms with Crippen molar-refractivity contribution in [2.45, 2.75) is 55.1 Å². The summed E-state index contributed by atoms with van der Waals surface area (Å²) >= 11 is 1.73. The highest BCUT2D eigenvalue weighted by Gasteiger charge is 2.53. The molecule has 136 valence electrons. The molecule has 1 atom stereocenters. The van der Waals surface area contributed by atoms with Gasteiger partial charge in [-0.25, -0.2) is 0 Å². The molecule has 0 N–H and O–H groups in total. The second-order valence-corrected chi connectivity index (χ2v) is 9.05. The lowest BCUT2D eigenvalue weighted by atomic mass is 9.79. The Kier molecular flexibility index (Phi) is 4.36. The van der Waals surface area contributed by atoms with Crippen LogP contribution in [0.5, 0.6) is 0 Å². The largest absolute Gasteiger partial charge is 0.446 e. The molecule has 4 heteroatoms. The van der Waals surface area contributed by atoms with E-state index in [0.717, 1.165) is 33.8 Å². The minimum Gasteiger partial charge on any atom is -0.446 e. The highest BCUT2D eigenvalue weighted by atomic mass is 32.2. The van der Waals surface area contributed by atoms with E-state index in [1.165, 1.54) is 0 Å². The van der Waals surface area contributed by atoms with Gasteiger partial charge in [0.05, 0.1) is 5.41 Å². The van der Waals surface area contributed by atoms with Crippen molar-refractivity contribution in [3.8, 4) is 0 Å². The second kappa shape index (κ2) is 6.43. The third kappa shape index (κ3) is 2.76. The Morgan fingerprint density at radius 2 is 1.65 bits per heavy atom. The number of benzene rings is 2. The Balaban J connectivity index is 1.96. The Bertz CT molecular complexity index is 786. The minimum absolute atomic E-state index is 0.169. The van der Waals surface area contributed by atoms with Gasteiger partial charge in [-0.3, -0.25) is 4.79 Å². The number of esters is 1. The van der Waals surface area contributed by atoms with Crippen LogP contribution < -0.4 is 0 Å². The average Bonchev–Trinajstić information content (AvgIpc) is 3.15. The SMILES string of the molecule is CC(C)(C)C(=O)OC1(C2CCCO2)c2ccccc2Sc2ccccc21. The third-order valence-corrected chi connectivity index (χ3v) is 6.20. The van der Waals surface area contributed by atoms with E-state index in [1.807, 2.05) is 45.0 Å². The number of fused-ring (bicyclic) bond motifs is 2. The summed E-state index contributed by atoms with van der Waals surface area (Å²) < 4.78 is 12.5. The lowest BCUT2D eigenvalue weighted by molar-refractivity contribution is -0.180. The van der Waals surface area contributed by atoms with Crippen molar-refractivity contribution in [2.75, 3.05) is 6.61 Å². The van der Waals surface area contributed by atoms with E-state index in [-0.39, 0.29) is 12.1 Å². The van der Waals surface area contributed by atoms with E-state index in [0.29, 0.717) is 6.61 Å². The zero-order chi connectivity index (χ0) is 18.4. The van der Waals surface area contributed by atoms with Crippen molar-refractivity contribution in [3.63, 3.8) is 0 Å². The number of carbonyl (C=O) groups excluding carboxylic acids is 1. The standard InChI is InChI=1S/C22H24O3S/c1-21(2,3)20(23)25-22(19-13-8-14-24-19)15-9-4-6-11-17(15)26-18-12-7-5-10-16(18)22/h4-7,9-12,19H,8,13-14H2,1-3H3. The summed E-state index contributed by atoms with van der Waals surface area (Å²) in [5, 5.41) is 0. The molecule has 1 fully saturated rings. The first-order chi connectivity index (χ1) is 12.4. The van der Waals surface area contributed by atoms with Gasteiger partial charge in [0.15, 0.2) is 5.60 Å². The van der Waals surface area contributed by atoms with E-state index in [9.17, 15) is 4.79 Å². The van der Waals surface area contributed by atoms with E-state index in [2.05, 4.69) is 24.3 Å². The molecule has 2 aromatic carbocycles. The Morgan fingerprint density at radius 3 is 2.15 bits per heavy atom. The van der Waals surface area contributed by atoms with Gasteiger partial charge in [0.1, 0.15) is 6.10 Å². The monoisotopic (exact) mass is 368 g/mol. The minimum atomic E-state index is -0.890. The van der Waals surface area contributed by atoms with Gasteiger partial charge in [0.25, 0.3) is 0 Å². The van der Waals surface area contributed by atoms with Crippen LogP contribution in [0.15, 0.2) is 58.3 Å². The van der Waals surface area contributed by atoms with Crippen LogP contribution in [0.25, 0.3) is 0 Å². The lowest BCUT2D eigenvalue weighted by Crippen LogP contribution is -2.48. The summed E-state index contributed by atoms with van der Waals surface area (Å²) in [5.41, 5.74) is 0.598. The molecule has 0 saturated carbocycles. The molecule has 0 spiro atoms. The molecule has 2 aliphatic rings. The molecule has 2 aliphatic heterocycles. The first-order valence-electron chi connectivity index (χ1n) is 9.15. The zero-order valence-electron chi connectivity index (χ0n) is 15.5. The first kappa shape index (κ1) is 17.6.